The van der Waals surface area contributed by atoms with Crippen LogP contribution in [0.1, 0.15) is 6.42 Å². The van der Waals surface area contributed by atoms with Gasteiger partial charge in [-0.2, -0.15) is 0 Å². The Morgan fingerprint density at radius 1 is 1.55 bits per heavy atom. The van der Waals surface area contributed by atoms with Crippen molar-refractivity contribution in [3.05, 3.63) is 0 Å². The summed E-state index contributed by atoms with van der Waals surface area (Å²) >= 11 is 0.698. The van der Waals surface area contributed by atoms with Crippen molar-refractivity contribution in [2.24, 2.45) is 5.92 Å². The molecular formula is C5H8O5S. The van der Waals surface area contributed by atoms with Gasteiger partial charge in [-0.25, -0.2) is 0 Å². The molecule has 0 bridgehead atoms. The summed E-state index contributed by atoms with van der Waals surface area (Å²) in [6, 6.07) is 0. The van der Waals surface area contributed by atoms with Crippen molar-refractivity contribution >= 4 is 18.0 Å². The Bertz CT molecular complexity index is 151. The molecule has 0 aliphatic carbocycles. The van der Waals surface area contributed by atoms with Gasteiger partial charge in [-0.05, 0) is 0 Å². The van der Waals surface area contributed by atoms with E-state index < -0.39 is 23.6 Å². The summed E-state index contributed by atoms with van der Waals surface area (Å²) in [5.41, 5.74) is -0.943. The molecule has 1 saturated heterocycles. The van der Waals surface area contributed by atoms with Crippen LogP contribution in [0, 0.1) is 5.92 Å². The fraction of sp³-hybridized carbons (Fsp3) is 0.800. The summed E-state index contributed by atoms with van der Waals surface area (Å²) in [6.45, 7) is 0. The third-order valence-corrected chi connectivity index (χ3v) is 2.25. The fourth-order valence-electron chi connectivity index (χ4n) is 0.801. The molecule has 1 rings (SSSR count). The molecule has 3 N–H and O–H groups in total. The number of hydrogen-bond acceptors (Lipinski definition) is 5. The normalized spacial score (nSPS) is 37.5. The van der Waals surface area contributed by atoms with Gasteiger partial charge in [-0.15, -0.1) is 0 Å². The summed E-state index contributed by atoms with van der Waals surface area (Å²) in [6.07, 6.45) is -1.46. The molecule has 0 saturated carbocycles. The van der Waals surface area contributed by atoms with Crippen LogP contribution in [-0.4, -0.2) is 33.0 Å². The van der Waals surface area contributed by atoms with E-state index >= 15 is 0 Å². The highest BCUT2D eigenvalue weighted by Crippen LogP contribution is 2.34. The first-order chi connectivity index (χ1) is 5.11. The highest BCUT2D eigenvalue weighted by atomic mass is 32.2. The monoisotopic (exact) mass is 180 g/mol. The highest BCUT2D eigenvalue weighted by Gasteiger charge is 2.37. The van der Waals surface area contributed by atoms with E-state index in [4.69, 9.17) is 15.3 Å². The summed E-state index contributed by atoms with van der Waals surface area (Å²) < 4.78 is 4.54. The van der Waals surface area contributed by atoms with E-state index in [-0.39, 0.29) is 6.42 Å². The van der Waals surface area contributed by atoms with Crippen molar-refractivity contribution in [2.75, 3.05) is 0 Å². The van der Waals surface area contributed by atoms with Gasteiger partial charge >= 0.3 is 5.97 Å². The zero-order chi connectivity index (χ0) is 8.43. The van der Waals surface area contributed by atoms with Gasteiger partial charge in [-0.1, -0.05) is 0 Å². The predicted molar refractivity (Wildman–Crippen MR) is 36.4 cm³/mol. The molecule has 3 unspecified atom stereocenters. The van der Waals surface area contributed by atoms with Gasteiger partial charge in [0.2, 0.25) is 0 Å². The molecule has 1 fully saturated rings. The van der Waals surface area contributed by atoms with Gasteiger partial charge < -0.3 is 15.3 Å². The lowest BCUT2D eigenvalue weighted by molar-refractivity contribution is -0.142. The minimum absolute atomic E-state index is 0.282. The number of aliphatic hydroxyl groups excluding tert-OH is 2. The smallest absolute Gasteiger partial charge is 0.303 e. The van der Waals surface area contributed by atoms with Crippen molar-refractivity contribution in [1.29, 1.82) is 0 Å². The van der Waals surface area contributed by atoms with Crippen LogP contribution in [0.5, 0.6) is 0 Å². The minimum Gasteiger partial charge on any atom is -0.481 e. The molecule has 11 heavy (non-hydrogen) atoms. The van der Waals surface area contributed by atoms with E-state index in [1.165, 1.54) is 0 Å². The molecule has 1 aliphatic heterocycles. The maximum absolute atomic E-state index is 10.2. The van der Waals surface area contributed by atoms with Crippen LogP contribution in [0.2, 0.25) is 0 Å². The second-order valence-electron chi connectivity index (χ2n) is 2.24. The molecule has 3 atom stereocenters. The van der Waals surface area contributed by atoms with Gasteiger partial charge in [0.05, 0.1) is 12.3 Å². The third kappa shape index (κ3) is 2.06. The van der Waals surface area contributed by atoms with Crippen LogP contribution in [0.3, 0.4) is 0 Å². The zero-order valence-corrected chi connectivity index (χ0v) is 6.32. The molecule has 64 valence electrons. The Morgan fingerprint density at radius 3 is 2.55 bits per heavy atom. The summed E-state index contributed by atoms with van der Waals surface area (Å²) in [5, 5.41) is 26.3. The first-order valence-electron chi connectivity index (χ1n) is 3.01. The van der Waals surface area contributed by atoms with Crippen molar-refractivity contribution in [1.82, 2.24) is 0 Å². The van der Waals surface area contributed by atoms with Crippen molar-refractivity contribution < 1.29 is 24.3 Å². The van der Waals surface area contributed by atoms with Crippen molar-refractivity contribution in [3.8, 4) is 0 Å². The zero-order valence-electron chi connectivity index (χ0n) is 5.51. The van der Waals surface area contributed by atoms with Crippen LogP contribution in [0.4, 0.5) is 0 Å². The topological polar surface area (TPSA) is 87.0 Å². The lowest BCUT2D eigenvalue weighted by Crippen LogP contribution is -2.25. The summed E-state index contributed by atoms with van der Waals surface area (Å²) in [7, 11) is 0. The maximum atomic E-state index is 10.2. The van der Waals surface area contributed by atoms with Crippen LogP contribution < -0.4 is 0 Å². The molecule has 0 aromatic carbocycles. The SMILES string of the molecule is O=C(O)CC1C(O)OSC1O. The van der Waals surface area contributed by atoms with E-state index in [0.29, 0.717) is 12.0 Å². The Kier molecular flexibility index (Phi) is 2.72. The molecule has 0 amide bonds. The van der Waals surface area contributed by atoms with E-state index in [1.807, 2.05) is 0 Å². The van der Waals surface area contributed by atoms with E-state index in [2.05, 4.69) is 4.18 Å². The largest absolute Gasteiger partial charge is 0.481 e. The molecule has 0 aromatic rings. The fourth-order valence-corrected chi connectivity index (χ4v) is 1.54. The number of aliphatic hydroxyl groups is 2. The molecule has 6 heteroatoms. The van der Waals surface area contributed by atoms with Gasteiger partial charge in [0, 0.05) is 12.0 Å². The number of carbonyl (C=O) groups is 1. The molecule has 1 aliphatic rings. The van der Waals surface area contributed by atoms with E-state index in [0.717, 1.165) is 0 Å². The van der Waals surface area contributed by atoms with Crippen LogP contribution in [-0.2, 0) is 8.98 Å². The van der Waals surface area contributed by atoms with Crippen LogP contribution >= 0.6 is 12.0 Å². The summed E-state index contributed by atoms with van der Waals surface area (Å²) in [4.78, 5) is 10.2. The average Bonchev–Trinajstić information content (AvgIpc) is 2.18. The van der Waals surface area contributed by atoms with Gasteiger partial charge in [0.15, 0.2) is 6.29 Å². The van der Waals surface area contributed by atoms with E-state index in [1.54, 1.807) is 0 Å². The van der Waals surface area contributed by atoms with Gasteiger partial charge in [0.1, 0.15) is 5.44 Å². The van der Waals surface area contributed by atoms with Crippen LogP contribution in [0.25, 0.3) is 0 Å². The first kappa shape index (κ1) is 8.79. The quantitative estimate of drug-likeness (QED) is 0.491. The predicted octanol–water partition coefficient (Wildman–Crippen LogP) is -0.608. The number of hydrogen-bond donors (Lipinski definition) is 3. The molecule has 0 radical (unpaired) electrons. The highest BCUT2D eigenvalue weighted by molar-refractivity contribution is 7.95. The van der Waals surface area contributed by atoms with Gasteiger partial charge in [-0.3, -0.25) is 8.98 Å². The lowest BCUT2D eigenvalue weighted by atomic mass is 10.1. The first-order valence-corrected chi connectivity index (χ1v) is 3.82. The number of carboxylic acids is 1. The molecule has 5 nitrogen and oxygen atoms in total. The Balaban J connectivity index is 2.47. The average molecular weight is 180 g/mol. The van der Waals surface area contributed by atoms with Gasteiger partial charge in [0.25, 0.3) is 0 Å². The number of aliphatic carboxylic acids is 1. The number of carboxylic acid groups (broad SMARTS) is 1. The van der Waals surface area contributed by atoms with Crippen LogP contribution in [0.15, 0.2) is 0 Å². The summed E-state index contributed by atoms with van der Waals surface area (Å²) in [5.74, 6) is -1.78. The van der Waals surface area contributed by atoms with E-state index in [9.17, 15) is 4.79 Å². The second kappa shape index (κ2) is 3.40. The minimum atomic E-state index is -1.17. The molecular weight excluding hydrogens is 172 g/mol. The van der Waals surface area contributed by atoms with Crippen molar-refractivity contribution in [2.45, 2.75) is 18.1 Å². The number of rotatable bonds is 2. The van der Waals surface area contributed by atoms with Crippen molar-refractivity contribution in [3.63, 3.8) is 0 Å². The molecule has 0 spiro atoms. The molecule has 0 aromatic heterocycles. The Morgan fingerprint density at radius 2 is 2.18 bits per heavy atom. The standard InChI is InChI=1S/C5H8O5S/c6-3(7)1-2-4(8)10-11-5(2)9/h2,4-5,8-9H,1H2,(H,6,7). The Labute approximate surface area is 67.2 Å². The molecule has 1 heterocycles. The lowest BCUT2D eigenvalue weighted by Gasteiger charge is -2.10. The second-order valence-corrected chi connectivity index (χ2v) is 3.10. The maximum Gasteiger partial charge on any atom is 0.303 e. The third-order valence-electron chi connectivity index (χ3n) is 1.40. The Hall–Kier alpha value is -0.300.